The number of halogens is 4. The summed E-state index contributed by atoms with van der Waals surface area (Å²) < 4.78 is 45.5. The third-order valence-corrected chi connectivity index (χ3v) is 7.43. The lowest BCUT2D eigenvalue weighted by Crippen LogP contribution is -2.53. The Kier molecular flexibility index (Phi) is 7.73. The fraction of sp³-hybridized carbons (Fsp3) is 0.417. The van der Waals surface area contributed by atoms with E-state index in [1.165, 1.54) is 17.4 Å². The Hall–Kier alpha value is -2.56. The first kappa shape index (κ1) is 25.5. The predicted octanol–water partition coefficient (Wildman–Crippen LogP) is 5.58. The number of carboxylic acid groups (broad SMARTS) is 1. The zero-order valence-electron chi connectivity index (χ0n) is 19.0. The first-order valence-electron chi connectivity index (χ1n) is 11.2. The Morgan fingerprint density at radius 3 is 2.77 bits per heavy atom. The average molecular weight is 528 g/mol. The molecule has 2 aromatic carbocycles. The van der Waals surface area contributed by atoms with Gasteiger partial charge in [0.1, 0.15) is 12.4 Å². The van der Waals surface area contributed by atoms with Crippen molar-refractivity contribution in [3.05, 3.63) is 52.5 Å². The van der Waals surface area contributed by atoms with Gasteiger partial charge in [0.25, 0.3) is 0 Å². The second-order valence-electron chi connectivity index (χ2n) is 8.40. The topological polar surface area (TPSA) is 65.9 Å². The van der Waals surface area contributed by atoms with E-state index in [9.17, 15) is 18.0 Å². The van der Waals surface area contributed by atoms with Gasteiger partial charge in [-0.2, -0.15) is 13.2 Å². The standard InChI is InChI=1S/C24H25ClF3N3O3S/c1-2-17-14-31(23-29-19-6-4-16(24(26,27)28)13-21(19)35-23)8-7-30(17)9-10-34-20-11-15(12-22(32)33)3-5-18(20)25/h3-6,11,13,17H,2,7-10,12,14H2,1H3,(H,32,33)/t17-/m0/s1. The van der Waals surface area contributed by atoms with Crippen molar-refractivity contribution in [2.45, 2.75) is 32.0 Å². The molecule has 1 fully saturated rings. The van der Waals surface area contributed by atoms with Crippen LogP contribution >= 0.6 is 22.9 Å². The van der Waals surface area contributed by atoms with Gasteiger partial charge in [0.15, 0.2) is 5.13 Å². The number of aromatic nitrogens is 1. The smallest absolute Gasteiger partial charge is 0.416 e. The number of benzene rings is 2. The van der Waals surface area contributed by atoms with Crippen LogP contribution in [0.15, 0.2) is 36.4 Å². The molecule has 188 valence electrons. The lowest BCUT2D eigenvalue weighted by atomic mass is 10.1. The van der Waals surface area contributed by atoms with Crippen LogP contribution in [-0.4, -0.2) is 59.8 Å². The maximum atomic E-state index is 13.0. The summed E-state index contributed by atoms with van der Waals surface area (Å²) in [6, 6.07) is 8.86. The summed E-state index contributed by atoms with van der Waals surface area (Å²) >= 11 is 7.49. The maximum absolute atomic E-state index is 13.0. The Morgan fingerprint density at radius 2 is 2.06 bits per heavy atom. The normalized spacial score (nSPS) is 17.2. The molecule has 1 aliphatic heterocycles. The van der Waals surface area contributed by atoms with Crippen LogP contribution in [0.25, 0.3) is 10.2 Å². The van der Waals surface area contributed by atoms with Crippen LogP contribution in [0.4, 0.5) is 18.3 Å². The summed E-state index contributed by atoms with van der Waals surface area (Å²) in [7, 11) is 0. The molecule has 1 aliphatic rings. The summed E-state index contributed by atoms with van der Waals surface area (Å²) in [5.41, 5.74) is 0.532. The number of fused-ring (bicyclic) bond motifs is 1. The number of carboxylic acids is 1. The van der Waals surface area contributed by atoms with E-state index in [2.05, 4.69) is 21.7 Å². The average Bonchev–Trinajstić information content (AvgIpc) is 3.24. The molecule has 0 spiro atoms. The number of hydrogen-bond donors (Lipinski definition) is 1. The molecule has 0 amide bonds. The molecule has 0 radical (unpaired) electrons. The van der Waals surface area contributed by atoms with Crippen molar-refractivity contribution >= 4 is 44.3 Å². The number of nitrogens with zero attached hydrogens (tertiary/aromatic N) is 3. The molecule has 35 heavy (non-hydrogen) atoms. The van der Waals surface area contributed by atoms with Crippen LogP contribution in [0.3, 0.4) is 0 Å². The quantitative estimate of drug-likeness (QED) is 0.413. The molecule has 6 nitrogen and oxygen atoms in total. The molecular formula is C24H25ClF3N3O3S. The number of aliphatic carboxylic acids is 1. The van der Waals surface area contributed by atoms with Gasteiger partial charge in [-0.3, -0.25) is 9.69 Å². The van der Waals surface area contributed by atoms with Gasteiger partial charge in [0.05, 0.1) is 27.2 Å². The lowest BCUT2D eigenvalue weighted by molar-refractivity contribution is -0.138. The van der Waals surface area contributed by atoms with Crippen LogP contribution < -0.4 is 9.64 Å². The minimum Gasteiger partial charge on any atom is -0.491 e. The molecule has 4 rings (SSSR count). The highest BCUT2D eigenvalue weighted by Crippen LogP contribution is 2.36. The number of carbonyl (C=O) groups is 1. The Bertz CT molecular complexity index is 1200. The van der Waals surface area contributed by atoms with Gasteiger partial charge in [-0.25, -0.2) is 4.98 Å². The van der Waals surface area contributed by atoms with Crippen LogP contribution in [0.5, 0.6) is 5.75 Å². The fourth-order valence-corrected chi connectivity index (χ4v) is 5.40. The molecule has 0 bridgehead atoms. The van der Waals surface area contributed by atoms with Gasteiger partial charge < -0.3 is 14.7 Å². The van der Waals surface area contributed by atoms with Crippen LogP contribution in [-0.2, 0) is 17.4 Å². The highest BCUT2D eigenvalue weighted by atomic mass is 35.5. The van der Waals surface area contributed by atoms with Gasteiger partial charge >= 0.3 is 12.1 Å². The number of rotatable bonds is 8. The molecule has 2 heterocycles. The van der Waals surface area contributed by atoms with Gasteiger partial charge in [-0.1, -0.05) is 35.9 Å². The number of thiazole rings is 1. The third-order valence-electron chi connectivity index (χ3n) is 6.04. The van der Waals surface area contributed by atoms with Crippen molar-refractivity contribution in [2.24, 2.45) is 0 Å². The van der Waals surface area contributed by atoms with E-state index >= 15 is 0 Å². The van der Waals surface area contributed by atoms with Gasteiger partial charge in [0.2, 0.25) is 0 Å². The summed E-state index contributed by atoms with van der Waals surface area (Å²) in [5.74, 6) is -0.458. The van der Waals surface area contributed by atoms with E-state index in [-0.39, 0.29) is 12.5 Å². The molecule has 11 heteroatoms. The van der Waals surface area contributed by atoms with Crippen molar-refractivity contribution in [3.8, 4) is 5.75 Å². The zero-order chi connectivity index (χ0) is 25.2. The van der Waals surface area contributed by atoms with Crippen molar-refractivity contribution in [1.82, 2.24) is 9.88 Å². The second-order valence-corrected chi connectivity index (χ2v) is 9.82. The molecule has 1 saturated heterocycles. The summed E-state index contributed by atoms with van der Waals surface area (Å²) in [6.07, 6.45) is -3.58. The zero-order valence-corrected chi connectivity index (χ0v) is 20.6. The SMILES string of the molecule is CC[C@H]1CN(c2nc3ccc(C(F)(F)F)cc3s2)CCN1CCOc1cc(CC(=O)O)ccc1Cl. The van der Waals surface area contributed by atoms with Crippen LogP contribution in [0.1, 0.15) is 24.5 Å². The fourth-order valence-electron chi connectivity index (χ4n) is 4.19. The third kappa shape index (κ3) is 6.17. The van der Waals surface area contributed by atoms with E-state index < -0.39 is 17.7 Å². The maximum Gasteiger partial charge on any atom is 0.416 e. The number of ether oxygens (including phenoxy) is 1. The molecule has 1 N–H and O–H groups in total. The minimum absolute atomic E-state index is 0.101. The van der Waals surface area contributed by atoms with E-state index in [4.69, 9.17) is 21.4 Å². The van der Waals surface area contributed by atoms with E-state index in [1.807, 2.05) is 0 Å². The number of piperazine rings is 1. The highest BCUT2D eigenvalue weighted by molar-refractivity contribution is 7.22. The van der Waals surface area contributed by atoms with E-state index in [0.717, 1.165) is 36.8 Å². The first-order chi connectivity index (χ1) is 16.6. The summed E-state index contributed by atoms with van der Waals surface area (Å²) in [4.78, 5) is 20.0. The van der Waals surface area contributed by atoms with Gasteiger partial charge in [0, 0.05) is 32.2 Å². The Morgan fingerprint density at radius 1 is 1.26 bits per heavy atom. The van der Waals surface area contributed by atoms with E-state index in [0.29, 0.717) is 46.2 Å². The summed E-state index contributed by atoms with van der Waals surface area (Å²) in [5, 5.41) is 10.1. The van der Waals surface area contributed by atoms with Crippen LogP contribution in [0, 0.1) is 0 Å². The van der Waals surface area contributed by atoms with Gasteiger partial charge in [-0.05, 0) is 42.3 Å². The monoisotopic (exact) mass is 527 g/mol. The van der Waals surface area contributed by atoms with Gasteiger partial charge in [-0.15, -0.1) is 0 Å². The van der Waals surface area contributed by atoms with E-state index in [1.54, 1.807) is 18.2 Å². The Labute approximate surface area is 209 Å². The number of anilines is 1. The molecule has 0 aliphatic carbocycles. The highest BCUT2D eigenvalue weighted by Gasteiger charge is 2.31. The first-order valence-corrected chi connectivity index (χ1v) is 12.4. The number of hydrogen-bond acceptors (Lipinski definition) is 6. The van der Waals surface area contributed by atoms with Crippen molar-refractivity contribution < 1.29 is 27.8 Å². The molecule has 0 saturated carbocycles. The lowest BCUT2D eigenvalue weighted by Gasteiger charge is -2.41. The number of alkyl halides is 3. The predicted molar refractivity (Wildman–Crippen MR) is 131 cm³/mol. The Balaban J connectivity index is 1.37. The summed E-state index contributed by atoms with van der Waals surface area (Å²) in [6.45, 7) is 5.35. The second kappa shape index (κ2) is 10.6. The molecule has 1 atom stereocenters. The molecule has 0 unspecified atom stereocenters. The van der Waals surface area contributed by atoms with Crippen molar-refractivity contribution in [2.75, 3.05) is 37.7 Å². The van der Waals surface area contributed by atoms with Crippen molar-refractivity contribution in [1.29, 1.82) is 0 Å². The molecular weight excluding hydrogens is 503 g/mol. The molecule has 1 aromatic heterocycles. The molecule has 3 aromatic rings. The largest absolute Gasteiger partial charge is 0.491 e. The minimum atomic E-state index is -4.37. The van der Waals surface area contributed by atoms with Crippen molar-refractivity contribution in [3.63, 3.8) is 0 Å². The van der Waals surface area contributed by atoms with Crippen LogP contribution in [0.2, 0.25) is 5.02 Å².